The second-order valence-electron chi connectivity index (χ2n) is 6.54. The summed E-state index contributed by atoms with van der Waals surface area (Å²) in [6, 6.07) is 0. The standard InChI is InChI=1S/C17H32N6O.HI/c1-4-18-17(20-10-13-23-11-6-5-7-12-23)19-9-8-15-21-16(14(2)3)22-24-15;/h14H,4-13H2,1-3H3,(H2,18,19,20);1H. The zero-order chi connectivity index (χ0) is 17.2. The Hall–Kier alpha value is -0.900. The fourth-order valence-electron chi connectivity index (χ4n) is 2.72. The minimum absolute atomic E-state index is 0. The molecule has 0 aliphatic carbocycles. The van der Waals surface area contributed by atoms with Crippen molar-refractivity contribution < 1.29 is 4.52 Å². The molecule has 0 atom stereocenters. The molecule has 0 amide bonds. The first kappa shape index (κ1) is 22.1. The monoisotopic (exact) mass is 464 g/mol. The van der Waals surface area contributed by atoms with Crippen LogP contribution in [0.2, 0.25) is 0 Å². The molecule has 1 fully saturated rings. The molecule has 0 spiro atoms. The zero-order valence-corrected chi connectivity index (χ0v) is 18.1. The van der Waals surface area contributed by atoms with Gasteiger partial charge < -0.3 is 20.1 Å². The predicted octanol–water partition coefficient (Wildman–Crippen LogP) is 2.39. The van der Waals surface area contributed by atoms with E-state index in [4.69, 9.17) is 4.52 Å². The lowest BCUT2D eigenvalue weighted by Crippen LogP contribution is -2.39. The average molecular weight is 464 g/mol. The van der Waals surface area contributed by atoms with Crippen molar-refractivity contribution >= 4 is 29.9 Å². The number of nitrogens with zero attached hydrogens (tertiary/aromatic N) is 4. The van der Waals surface area contributed by atoms with Crippen LogP contribution in [-0.4, -0.2) is 60.3 Å². The molecule has 1 saturated heterocycles. The van der Waals surface area contributed by atoms with Gasteiger partial charge in [0.05, 0.1) is 6.54 Å². The lowest BCUT2D eigenvalue weighted by molar-refractivity contribution is 0.235. The first-order valence-electron chi connectivity index (χ1n) is 9.26. The van der Waals surface area contributed by atoms with Crippen molar-refractivity contribution in [3.05, 3.63) is 11.7 Å². The van der Waals surface area contributed by atoms with Crippen LogP contribution in [-0.2, 0) is 6.42 Å². The van der Waals surface area contributed by atoms with Crippen molar-refractivity contribution in [1.82, 2.24) is 25.7 Å². The first-order chi connectivity index (χ1) is 11.7. The molecule has 2 N–H and O–H groups in total. The van der Waals surface area contributed by atoms with Crippen LogP contribution >= 0.6 is 24.0 Å². The Bertz CT molecular complexity index is 499. The van der Waals surface area contributed by atoms with Crippen LogP contribution in [0.5, 0.6) is 0 Å². The van der Waals surface area contributed by atoms with Gasteiger partial charge >= 0.3 is 0 Å². The number of rotatable bonds is 8. The second-order valence-corrected chi connectivity index (χ2v) is 6.54. The summed E-state index contributed by atoms with van der Waals surface area (Å²) in [6.45, 7) is 12.1. The Morgan fingerprint density at radius 1 is 1.24 bits per heavy atom. The maximum absolute atomic E-state index is 5.26. The molecule has 7 nitrogen and oxygen atoms in total. The number of guanidine groups is 1. The predicted molar refractivity (Wildman–Crippen MR) is 112 cm³/mol. The highest BCUT2D eigenvalue weighted by atomic mass is 127. The van der Waals surface area contributed by atoms with Gasteiger partial charge in [-0.05, 0) is 32.9 Å². The van der Waals surface area contributed by atoms with Gasteiger partial charge in [-0.2, -0.15) is 4.98 Å². The highest BCUT2D eigenvalue weighted by molar-refractivity contribution is 14.0. The van der Waals surface area contributed by atoms with Crippen LogP contribution in [0.25, 0.3) is 0 Å². The Morgan fingerprint density at radius 2 is 2.00 bits per heavy atom. The van der Waals surface area contributed by atoms with E-state index >= 15 is 0 Å². The van der Waals surface area contributed by atoms with Gasteiger partial charge in [0.25, 0.3) is 0 Å². The van der Waals surface area contributed by atoms with Crippen LogP contribution in [0.3, 0.4) is 0 Å². The lowest BCUT2D eigenvalue weighted by atomic mass is 10.1. The van der Waals surface area contributed by atoms with E-state index in [1.54, 1.807) is 0 Å². The molecule has 1 aliphatic rings. The van der Waals surface area contributed by atoms with Crippen LogP contribution in [0, 0.1) is 0 Å². The lowest BCUT2D eigenvalue weighted by Gasteiger charge is -2.25. The fourth-order valence-corrected chi connectivity index (χ4v) is 2.72. The number of likely N-dealkylation sites (tertiary alicyclic amines) is 1. The number of nitrogens with one attached hydrogen (secondary N) is 2. The summed E-state index contributed by atoms with van der Waals surface area (Å²) in [6.07, 6.45) is 4.73. The van der Waals surface area contributed by atoms with Gasteiger partial charge in [0.1, 0.15) is 0 Å². The third-order valence-corrected chi connectivity index (χ3v) is 4.11. The molecule has 25 heavy (non-hydrogen) atoms. The van der Waals surface area contributed by atoms with Gasteiger partial charge in [-0.15, -0.1) is 24.0 Å². The molecule has 2 rings (SSSR count). The number of hydrogen-bond donors (Lipinski definition) is 2. The summed E-state index contributed by atoms with van der Waals surface area (Å²) in [5.41, 5.74) is 0. The quantitative estimate of drug-likeness (QED) is 0.350. The van der Waals surface area contributed by atoms with Gasteiger partial charge in [-0.25, -0.2) is 0 Å². The normalized spacial score (nSPS) is 15.9. The SMILES string of the molecule is CCNC(=NCCN1CCCCC1)NCCc1nc(C(C)C)no1.I. The summed E-state index contributed by atoms with van der Waals surface area (Å²) in [5.74, 6) is 2.60. The smallest absolute Gasteiger partial charge is 0.228 e. The van der Waals surface area contributed by atoms with Crippen molar-refractivity contribution in [2.24, 2.45) is 4.99 Å². The van der Waals surface area contributed by atoms with E-state index in [2.05, 4.69) is 51.4 Å². The molecule has 8 heteroatoms. The average Bonchev–Trinajstić information content (AvgIpc) is 3.05. The number of aliphatic imine (C=N–C) groups is 1. The van der Waals surface area contributed by atoms with Gasteiger partial charge in [0, 0.05) is 32.0 Å². The summed E-state index contributed by atoms with van der Waals surface area (Å²) >= 11 is 0. The third-order valence-electron chi connectivity index (χ3n) is 4.11. The molecule has 0 saturated carbocycles. The summed E-state index contributed by atoms with van der Waals surface area (Å²) in [4.78, 5) is 11.6. The number of aromatic nitrogens is 2. The molecule has 0 aromatic carbocycles. The Morgan fingerprint density at radius 3 is 2.64 bits per heavy atom. The van der Waals surface area contributed by atoms with E-state index in [1.807, 2.05) is 0 Å². The van der Waals surface area contributed by atoms with E-state index in [1.165, 1.54) is 32.4 Å². The first-order valence-corrected chi connectivity index (χ1v) is 9.26. The van der Waals surface area contributed by atoms with Gasteiger partial charge in [-0.3, -0.25) is 4.99 Å². The summed E-state index contributed by atoms with van der Waals surface area (Å²) in [7, 11) is 0. The number of piperidine rings is 1. The minimum atomic E-state index is 0. The Labute approximate surface area is 168 Å². The van der Waals surface area contributed by atoms with Crippen molar-refractivity contribution in [3.8, 4) is 0 Å². The molecular weight excluding hydrogens is 431 g/mol. The molecule has 144 valence electrons. The van der Waals surface area contributed by atoms with Crippen molar-refractivity contribution in [1.29, 1.82) is 0 Å². The number of hydrogen-bond acceptors (Lipinski definition) is 5. The summed E-state index contributed by atoms with van der Waals surface area (Å²) < 4.78 is 5.26. The maximum atomic E-state index is 5.26. The Kier molecular flexibility index (Phi) is 11.0. The topological polar surface area (TPSA) is 78.6 Å². The molecule has 1 aromatic rings. The van der Waals surface area contributed by atoms with E-state index in [9.17, 15) is 0 Å². The van der Waals surface area contributed by atoms with Crippen molar-refractivity contribution in [3.63, 3.8) is 0 Å². The van der Waals surface area contributed by atoms with Crippen LogP contribution in [0.1, 0.15) is 57.7 Å². The van der Waals surface area contributed by atoms with Crippen molar-refractivity contribution in [2.45, 2.75) is 52.4 Å². The zero-order valence-electron chi connectivity index (χ0n) is 15.8. The van der Waals surface area contributed by atoms with Gasteiger partial charge in [0.15, 0.2) is 11.8 Å². The molecular formula is C17H33IN6O. The van der Waals surface area contributed by atoms with Crippen molar-refractivity contribution in [2.75, 3.05) is 39.3 Å². The van der Waals surface area contributed by atoms with E-state index < -0.39 is 0 Å². The van der Waals surface area contributed by atoms with Crippen LogP contribution < -0.4 is 10.6 Å². The molecule has 0 unspecified atom stereocenters. The summed E-state index contributed by atoms with van der Waals surface area (Å²) in [5, 5.41) is 10.6. The highest BCUT2D eigenvalue weighted by Gasteiger charge is 2.10. The third kappa shape index (κ3) is 8.35. The van der Waals surface area contributed by atoms with Crippen LogP contribution in [0.15, 0.2) is 9.52 Å². The van der Waals surface area contributed by atoms with Gasteiger partial charge in [-0.1, -0.05) is 25.4 Å². The largest absolute Gasteiger partial charge is 0.357 e. The minimum Gasteiger partial charge on any atom is -0.357 e. The Balaban J connectivity index is 0.00000312. The highest BCUT2D eigenvalue weighted by Crippen LogP contribution is 2.09. The molecule has 1 aliphatic heterocycles. The number of halogens is 1. The van der Waals surface area contributed by atoms with E-state index in [-0.39, 0.29) is 24.0 Å². The molecule has 0 bridgehead atoms. The molecule has 0 radical (unpaired) electrons. The van der Waals surface area contributed by atoms with Gasteiger partial charge in [0.2, 0.25) is 5.89 Å². The van der Waals surface area contributed by atoms with E-state index in [0.717, 1.165) is 38.0 Å². The molecule has 2 heterocycles. The second kappa shape index (κ2) is 12.5. The van der Waals surface area contributed by atoms with Crippen LogP contribution in [0.4, 0.5) is 0 Å². The fraction of sp³-hybridized carbons (Fsp3) is 0.824. The van der Waals surface area contributed by atoms with E-state index in [0.29, 0.717) is 18.2 Å². The molecule has 1 aromatic heterocycles. The maximum Gasteiger partial charge on any atom is 0.228 e.